The first kappa shape index (κ1) is 22.6. The molecule has 32 heavy (non-hydrogen) atoms. The molecule has 0 aliphatic rings. The summed E-state index contributed by atoms with van der Waals surface area (Å²) in [6, 6.07) is 25.2. The first-order valence-corrected chi connectivity index (χ1v) is 10.2. The molecule has 0 amide bonds. The van der Waals surface area contributed by atoms with Crippen LogP contribution in [0.4, 0.5) is 4.79 Å². The predicted molar refractivity (Wildman–Crippen MR) is 125 cm³/mol. The normalized spacial score (nSPS) is 11.7. The molecule has 0 saturated heterocycles. The molecule has 3 aromatic carbocycles. The van der Waals surface area contributed by atoms with Gasteiger partial charge in [-0.15, -0.1) is 0 Å². The molecule has 5 heteroatoms. The van der Waals surface area contributed by atoms with Crippen LogP contribution >= 0.6 is 0 Å². The van der Waals surface area contributed by atoms with Crippen molar-refractivity contribution in [2.45, 2.75) is 13.3 Å². The number of ether oxygens (including phenoxy) is 2. The van der Waals surface area contributed by atoms with Gasteiger partial charge in [0.25, 0.3) is 0 Å². The molecular weight excluding hydrogens is 404 g/mol. The van der Waals surface area contributed by atoms with Crippen LogP contribution in [0.2, 0.25) is 0 Å². The maximum absolute atomic E-state index is 11.4. The molecule has 0 unspecified atom stereocenters. The Balaban J connectivity index is 2.09. The molecule has 1 N–H and O–H groups in total. The number of rotatable bonds is 7. The number of hydrogen-bond acceptors (Lipinski definition) is 4. The number of carboxylic acids is 1. The third kappa shape index (κ3) is 5.73. The third-order valence-electron chi connectivity index (χ3n) is 4.91. The van der Waals surface area contributed by atoms with Crippen molar-refractivity contribution in [1.82, 2.24) is 0 Å². The first-order valence-electron chi connectivity index (χ1n) is 10.2. The summed E-state index contributed by atoms with van der Waals surface area (Å²) in [6.45, 7) is 2.11. The maximum Gasteiger partial charge on any atom is 0.513 e. The molecular formula is C27H24O5. The van der Waals surface area contributed by atoms with E-state index in [-0.39, 0.29) is 0 Å². The summed E-state index contributed by atoms with van der Waals surface area (Å²) in [5, 5.41) is 8.86. The van der Waals surface area contributed by atoms with Gasteiger partial charge in [-0.1, -0.05) is 73.7 Å². The highest BCUT2D eigenvalue weighted by molar-refractivity contribution is 5.98. The van der Waals surface area contributed by atoms with Crippen molar-refractivity contribution in [3.8, 4) is 5.75 Å². The summed E-state index contributed by atoms with van der Waals surface area (Å²) in [5.41, 5.74) is 6.11. The summed E-state index contributed by atoms with van der Waals surface area (Å²) in [7, 11) is 1.26. The van der Waals surface area contributed by atoms with Gasteiger partial charge in [-0.3, -0.25) is 0 Å². The molecule has 0 aliphatic carbocycles. The van der Waals surface area contributed by atoms with Crippen molar-refractivity contribution in [2.75, 3.05) is 7.11 Å². The number of carboxylic acid groups (broad SMARTS) is 1. The molecule has 3 rings (SSSR count). The number of carbonyl (C=O) groups excluding carboxylic acids is 1. The van der Waals surface area contributed by atoms with Crippen LogP contribution in [0.1, 0.15) is 35.6 Å². The van der Waals surface area contributed by atoms with E-state index in [1.165, 1.54) is 12.7 Å². The highest BCUT2D eigenvalue weighted by atomic mass is 16.7. The summed E-state index contributed by atoms with van der Waals surface area (Å²) in [5.74, 6) is -0.590. The van der Waals surface area contributed by atoms with Crippen LogP contribution in [0.5, 0.6) is 5.75 Å². The number of allylic oxidation sites excluding steroid dienone is 1. The fourth-order valence-electron chi connectivity index (χ4n) is 3.44. The smallest absolute Gasteiger partial charge is 0.478 e. The van der Waals surface area contributed by atoms with Crippen molar-refractivity contribution in [3.63, 3.8) is 0 Å². The second-order valence-corrected chi connectivity index (χ2v) is 6.95. The van der Waals surface area contributed by atoms with Crippen LogP contribution in [0.25, 0.3) is 17.2 Å². The lowest BCUT2D eigenvalue weighted by molar-refractivity contribution is -0.131. The van der Waals surface area contributed by atoms with Gasteiger partial charge in [-0.05, 0) is 58.0 Å². The molecule has 0 heterocycles. The van der Waals surface area contributed by atoms with Crippen LogP contribution in [0.3, 0.4) is 0 Å². The molecule has 3 aromatic rings. The summed E-state index contributed by atoms with van der Waals surface area (Å²) in [4.78, 5) is 22.2. The Kier molecular flexibility index (Phi) is 7.60. The van der Waals surface area contributed by atoms with Crippen molar-refractivity contribution < 1.29 is 24.2 Å². The van der Waals surface area contributed by atoms with Crippen LogP contribution in [0, 0.1) is 0 Å². The molecule has 0 atom stereocenters. The van der Waals surface area contributed by atoms with Crippen molar-refractivity contribution >= 4 is 29.3 Å². The van der Waals surface area contributed by atoms with Gasteiger partial charge in [0.15, 0.2) is 0 Å². The van der Waals surface area contributed by atoms with E-state index in [1.54, 1.807) is 18.2 Å². The first-order chi connectivity index (χ1) is 15.5. The quantitative estimate of drug-likeness (QED) is 0.207. The molecule has 0 fully saturated rings. The van der Waals surface area contributed by atoms with Gasteiger partial charge in [0.2, 0.25) is 0 Å². The van der Waals surface area contributed by atoms with Gasteiger partial charge in [0, 0.05) is 6.08 Å². The standard InChI is InChI=1S/C27H24O5/c1-3-24(20-7-5-4-6-8-20)26(21-12-9-19(10-13-21)11-18-25(28)29)22-14-16-23(17-15-22)32-27(30)31-2/h4-18H,3H2,1-2H3,(H,28,29). The van der Waals surface area contributed by atoms with Crippen molar-refractivity contribution in [3.05, 3.63) is 107 Å². The minimum atomic E-state index is -0.985. The minimum Gasteiger partial charge on any atom is -0.478 e. The second kappa shape index (κ2) is 10.8. The number of methoxy groups -OCH3 is 1. The average Bonchev–Trinajstić information content (AvgIpc) is 2.82. The van der Waals surface area contributed by atoms with E-state index in [2.05, 4.69) is 23.8 Å². The van der Waals surface area contributed by atoms with Gasteiger partial charge < -0.3 is 14.6 Å². The molecule has 162 valence electrons. The van der Waals surface area contributed by atoms with Gasteiger partial charge in [0.05, 0.1) is 7.11 Å². The zero-order valence-electron chi connectivity index (χ0n) is 17.9. The molecule has 5 nitrogen and oxygen atoms in total. The Labute approximate surface area is 187 Å². The van der Waals surface area contributed by atoms with E-state index in [9.17, 15) is 9.59 Å². The number of carbonyl (C=O) groups is 2. The van der Waals surface area contributed by atoms with E-state index in [0.717, 1.165) is 40.3 Å². The Bertz CT molecular complexity index is 1120. The van der Waals surface area contributed by atoms with E-state index in [1.807, 2.05) is 54.6 Å². The second-order valence-electron chi connectivity index (χ2n) is 6.95. The van der Waals surface area contributed by atoms with Gasteiger partial charge in [-0.2, -0.15) is 0 Å². The topological polar surface area (TPSA) is 72.8 Å². The third-order valence-corrected chi connectivity index (χ3v) is 4.91. The Hall–Kier alpha value is -4.12. The van der Waals surface area contributed by atoms with Gasteiger partial charge in [0.1, 0.15) is 5.75 Å². The lowest BCUT2D eigenvalue weighted by atomic mass is 9.88. The molecule has 0 aliphatic heterocycles. The maximum atomic E-state index is 11.4. The number of benzene rings is 3. The predicted octanol–water partition coefficient (Wildman–Crippen LogP) is 6.30. The zero-order valence-corrected chi connectivity index (χ0v) is 17.9. The lowest BCUT2D eigenvalue weighted by Crippen LogP contribution is -2.07. The molecule has 0 radical (unpaired) electrons. The summed E-state index contributed by atoms with van der Waals surface area (Å²) in [6.07, 6.45) is 2.72. The fourth-order valence-corrected chi connectivity index (χ4v) is 3.44. The number of hydrogen-bond donors (Lipinski definition) is 1. The van der Waals surface area contributed by atoms with E-state index >= 15 is 0 Å². The van der Waals surface area contributed by atoms with Crippen molar-refractivity contribution in [2.24, 2.45) is 0 Å². The zero-order chi connectivity index (χ0) is 22.9. The molecule has 0 spiro atoms. The Morgan fingerprint density at radius 3 is 1.97 bits per heavy atom. The molecule has 0 saturated carbocycles. The van der Waals surface area contributed by atoms with Gasteiger partial charge in [-0.25, -0.2) is 9.59 Å². The van der Waals surface area contributed by atoms with E-state index < -0.39 is 12.1 Å². The highest BCUT2D eigenvalue weighted by Crippen LogP contribution is 2.35. The van der Waals surface area contributed by atoms with Crippen molar-refractivity contribution in [1.29, 1.82) is 0 Å². The fraction of sp³-hybridized carbons (Fsp3) is 0.111. The monoisotopic (exact) mass is 428 g/mol. The molecule has 0 aromatic heterocycles. The lowest BCUT2D eigenvalue weighted by Gasteiger charge is -2.17. The summed E-state index contributed by atoms with van der Waals surface area (Å²) >= 11 is 0. The van der Waals surface area contributed by atoms with E-state index in [4.69, 9.17) is 9.84 Å². The number of aliphatic carboxylic acids is 1. The van der Waals surface area contributed by atoms with Crippen LogP contribution in [0.15, 0.2) is 84.9 Å². The summed E-state index contributed by atoms with van der Waals surface area (Å²) < 4.78 is 9.65. The molecule has 0 bridgehead atoms. The Morgan fingerprint density at radius 1 is 0.844 bits per heavy atom. The van der Waals surface area contributed by atoms with E-state index in [0.29, 0.717) is 5.75 Å². The van der Waals surface area contributed by atoms with Crippen LogP contribution < -0.4 is 4.74 Å². The minimum absolute atomic E-state index is 0.395. The average molecular weight is 428 g/mol. The Morgan fingerprint density at radius 2 is 1.44 bits per heavy atom. The largest absolute Gasteiger partial charge is 0.513 e. The van der Waals surface area contributed by atoms with Crippen LogP contribution in [-0.2, 0) is 9.53 Å². The van der Waals surface area contributed by atoms with Crippen LogP contribution in [-0.4, -0.2) is 24.3 Å². The van der Waals surface area contributed by atoms with Gasteiger partial charge >= 0.3 is 12.1 Å². The highest BCUT2D eigenvalue weighted by Gasteiger charge is 2.14. The SMILES string of the molecule is CCC(=C(c1ccc(C=CC(=O)O)cc1)c1ccc(OC(=O)OC)cc1)c1ccccc1.